The van der Waals surface area contributed by atoms with E-state index < -0.39 is 0 Å². The molecule has 0 saturated carbocycles. The topological polar surface area (TPSA) is 75.0 Å². The maximum absolute atomic E-state index is 12.6. The molecule has 0 bridgehead atoms. The number of hydrogen-bond donors (Lipinski definition) is 1. The first-order chi connectivity index (χ1) is 10.2. The number of rotatable bonds is 3. The summed E-state index contributed by atoms with van der Waals surface area (Å²) in [6.07, 6.45) is 4.25. The van der Waals surface area contributed by atoms with E-state index in [1.165, 1.54) is 6.20 Å². The number of furan rings is 1. The number of piperidine rings is 1. The molecular weight excluding hydrogens is 268 g/mol. The number of nitrogens with one attached hydrogen (secondary N) is 1. The van der Waals surface area contributed by atoms with Crippen LogP contribution in [0.5, 0.6) is 0 Å². The van der Waals surface area contributed by atoms with E-state index in [0.717, 1.165) is 37.3 Å². The van der Waals surface area contributed by atoms with Gasteiger partial charge in [-0.25, -0.2) is 0 Å². The zero-order valence-corrected chi connectivity index (χ0v) is 12.4. The number of aromatic nitrogens is 3. The second-order valence-corrected chi connectivity index (χ2v) is 5.66. The van der Waals surface area contributed by atoms with E-state index in [4.69, 9.17) is 4.42 Å². The van der Waals surface area contributed by atoms with Crippen LogP contribution < -0.4 is 0 Å². The zero-order chi connectivity index (χ0) is 14.8. The molecule has 1 aliphatic rings. The first kappa shape index (κ1) is 13.9. The van der Waals surface area contributed by atoms with Crippen molar-refractivity contribution in [1.29, 1.82) is 0 Å². The van der Waals surface area contributed by atoms with E-state index in [1.807, 2.05) is 17.0 Å². The van der Waals surface area contributed by atoms with Gasteiger partial charge in [0, 0.05) is 13.0 Å². The lowest BCUT2D eigenvalue weighted by Crippen LogP contribution is -2.40. The fourth-order valence-corrected chi connectivity index (χ4v) is 2.87. The van der Waals surface area contributed by atoms with Crippen molar-refractivity contribution >= 4 is 5.91 Å². The fraction of sp³-hybridized carbons (Fsp3) is 0.533. The van der Waals surface area contributed by atoms with E-state index in [1.54, 1.807) is 0 Å². The van der Waals surface area contributed by atoms with Crippen molar-refractivity contribution in [2.75, 3.05) is 6.54 Å². The molecule has 6 nitrogen and oxygen atoms in total. The van der Waals surface area contributed by atoms with Gasteiger partial charge < -0.3 is 9.32 Å². The average Bonchev–Trinajstić information content (AvgIpc) is 3.18. The van der Waals surface area contributed by atoms with E-state index in [2.05, 4.69) is 29.3 Å². The lowest BCUT2D eigenvalue weighted by atomic mass is 9.91. The van der Waals surface area contributed by atoms with Crippen molar-refractivity contribution in [3.05, 3.63) is 35.5 Å². The monoisotopic (exact) mass is 288 g/mol. The lowest BCUT2D eigenvalue weighted by Gasteiger charge is -2.37. The van der Waals surface area contributed by atoms with Gasteiger partial charge in [0.25, 0.3) is 5.91 Å². The number of hydrogen-bond acceptors (Lipinski definition) is 4. The van der Waals surface area contributed by atoms with Crippen LogP contribution in [-0.4, -0.2) is 32.8 Å². The van der Waals surface area contributed by atoms with E-state index in [-0.39, 0.29) is 11.9 Å². The summed E-state index contributed by atoms with van der Waals surface area (Å²) >= 11 is 0. The Hall–Kier alpha value is -2.11. The van der Waals surface area contributed by atoms with E-state index in [0.29, 0.717) is 11.6 Å². The number of aryl methyl sites for hydroxylation is 1. The van der Waals surface area contributed by atoms with Crippen molar-refractivity contribution in [2.45, 2.75) is 39.2 Å². The zero-order valence-electron chi connectivity index (χ0n) is 12.4. The average molecular weight is 288 g/mol. The van der Waals surface area contributed by atoms with Crippen molar-refractivity contribution in [1.82, 2.24) is 20.3 Å². The number of nitrogens with zero attached hydrogens (tertiary/aromatic N) is 3. The summed E-state index contributed by atoms with van der Waals surface area (Å²) in [5.74, 6) is 2.31. The molecule has 6 heteroatoms. The summed E-state index contributed by atoms with van der Waals surface area (Å²) in [6, 6.07) is 3.97. The summed E-state index contributed by atoms with van der Waals surface area (Å²) in [6.45, 7) is 5.00. The molecule has 1 N–H and O–H groups in total. The van der Waals surface area contributed by atoms with Crippen molar-refractivity contribution in [2.24, 2.45) is 5.92 Å². The third-order valence-electron chi connectivity index (χ3n) is 4.12. The number of amides is 1. The number of aromatic amines is 1. The summed E-state index contributed by atoms with van der Waals surface area (Å²) in [4.78, 5) is 14.4. The van der Waals surface area contributed by atoms with Gasteiger partial charge in [0.1, 0.15) is 11.5 Å². The Morgan fingerprint density at radius 3 is 3.05 bits per heavy atom. The highest BCUT2D eigenvalue weighted by atomic mass is 16.3. The van der Waals surface area contributed by atoms with Crippen molar-refractivity contribution < 1.29 is 9.21 Å². The van der Waals surface area contributed by atoms with Gasteiger partial charge in [-0.15, -0.1) is 0 Å². The van der Waals surface area contributed by atoms with Crippen molar-refractivity contribution in [3.63, 3.8) is 0 Å². The minimum Gasteiger partial charge on any atom is -0.464 e. The van der Waals surface area contributed by atoms with E-state index in [9.17, 15) is 4.79 Å². The summed E-state index contributed by atoms with van der Waals surface area (Å²) in [5, 5.41) is 10.1. The van der Waals surface area contributed by atoms with Crippen LogP contribution in [0.3, 0.4) is 0 Å². The van der Waals surface area contributed by atoms with Gasteiger partial charge in [0.05, 0.1) is 12.2 Å². The molecule has 1 aliphatic heterocycles. The maximum atomic E-state index is 12.6. The van der Waals surface area contributed by atoms with Crippen LogP contribution in [0, 0.1) is 5.92 Å². The smallest absolute Gasteiger partial charge is 0.276 e. The second-order valence-electron chi connectivity index (χ2n) is 5.66. The molecule has 0 aliphatic carbocycles. The molecule has 21 heavy (non-hydrogen) atoms. The second kappa shape index (κ2) is 5.71. The van der Waals surface area contributed by atoms with Gasteiger partial charge in [0.2, 0.25) is 0 Å². The molecule has 3 rings (SSSR count). The first-order valence-corrected chi connectivity index (χ1v) is 7.44. The molecule has 1 amide bonds. The predicted octanol–water partition coefficient (Wildman–Crippen LogP) is 2.57. The van der Waals surface area contributed by atoms with Gasteiger partial charge in [-0.2, -0.15) is 15.4 Å². The minimum absolute atomic E-state index is 0.0155. The number of carbonyl (C=O) groups excluding carboxylic acids is 1. The highest BCUT2D eigenvalue weighted by Crippen LogP contribution is 2.35. The van der Waals surface area contributed by atoms with Gasteiger partial charge >= 0.3 is 0 Å². The fourth-order valence-electron chi connectivity index (χ4n) is 2.87. The highest BCUT2D eigenvalue weighted by molar-refractivity contribution is 5.92. The quantitative estimate of drug-likeness (QED) is 0.942. The van der Waals surface area contributed by atoms with Crippen LogP contribution in [-0.2, 0) is 6.42 Å². The molecule has 2 aromatic rings. The molecule has 0 aromatic carbocycles. The van der Waals surface area contributed by atoms with Gasteiger partial charge in [-0.3, -0.25) is 4.79 Å². The molecule has 1 saturated heterocycles. The number of H-pyrrole nitrogens is 1. The first-order valence-electron chi connectivity index (χ1n) is 7.44. The molecule has 3 heterocycles. The molecule has 0 unspecified atom stereocenters. The summed E-state index contributed by atoms with van der Waals surface area (Å²) in [5.41, 5.74) is 0.358. The molecule has 0 spiro atoms. The Morgan fingerprint density at radius 1 is 1.52 bits per heavy atom. The Morgan fingerprint density at radius 2 is 2.38 bits per heavy atom. The molecule has 0 radical (unpaired) electrons. The van der Waals surface area contributed by atoms with Crippen LogP contribution in [0.4, 0.5) is 0 Å². The minimum atomic E-state index is -0.0879. The molecule has 2 aromatic heterocycles. The van der Waals surface area contributed by atoms with Crippen LogP contribution >= 0.6 is 0 Å². The molecule has 112 valence electrons. The van der Waals surface area contributed by atoms with E-state index >= 15 is 0 Å². The third kappa shape index (κ3) is 2.70. The predicted molar refractivity (Wildman–Crippen MR) is 76.6 cm³/mol. The number of carbonyl (C=O) groups is 1. The Labute approximate surface area is 123 Å². The number of likely N-dealkylation sites (tertiary alicyclic amines) is 1. The standard InChI is InChI=1S/C15H20N4O2/c1-3-11-4-5-14(21-11)13-8-10(2)6-7-19(13)15(20)12-9-16-18-17-12/h4-5,9-10,13H,3,6-8H2,1-2H3,(H,16,17,18)/t10-,13-/m1/s1. The normalized spacial score (nSPS) is 22.5. The lowest BCUT2D eigenvalue weighted by molar-refractivity contribution is 0.0513. The molecule has 2 atom stereocenters. The Kier molecular flexibility index (Phi) is 3.77. The van der Waals surface area contributed by atoms with Gasteiger partial charge in [0.15, 0.2) is 5.69 Å². The maximum Gasteiger partial charge on any atom is 0.276 e. The van der Waals surface area contributed by atoms with Crippen molar-refractivity contribution in [3.8, 4) is 0 Å². The van der Waals surface area contributed by atoms with Gasteiger partial charge in [-0.05, 0) is 30.9 Å². The Balaban J connectivity index is 1.87. The van der Waals surface area contributed by atoms with Gasteiger partial charge in [-0.1, -0.05) is 13.8 Å². The molecular formula is C15H20N4O2. The van der Waals surface area contributed by atoms with Crippen LogP contribution in [0.2, 0.25) is 0 Å². The third-order valence-corrected chi connectivity index (χ3v) is 4.12. The highest BCUT2D eigenvalue weighted by Gasteiger charge is 2.34. The largest absolute Gasteiger partial charge is 0.464 e. The molecule has 1 fully saturated rings. The van der Waals surface area contributed by atoms with Crippen LogP contribution in [0.25, 0.3) is 0 Å². The SMILES string of the molecule is CCc1ccc([C@H]2C[C@H](C)CCN2C(=O)c2cn[nH]n2)o1. The summed E-state index contributed by atoms with van der Waals surface area (Å²) in [7, 11) is 0. The van der Waals surface area contributed by atoms with Crippen LogP contribution in [0.1, 0.15) is 54.7 Å². The van der Waals surface area contributed by atoms with Crippen LogP contribution in [0.15, 0.2) is 22.7 Å². The Bertz CT molecular complexity index is 605. The summed E-state index contributed by atoms with van der Waals surface area (Å²) < 4.78 is 5.88.